The maximum atomic E-state index is 12.5. The van der Waals surface area contributed by atoms with E-state index >= 15 is 0 Å². The molecule has 1 saturated carbocycles. The van der Waals surface area contributed by atoms with Crippen LogP contribution in [-0.2, 0) is 14.3 Å². The van der Waals surface area contributed by atoms with E-state index < -0.39 is 12.1 Å². The molecule has 3 rings (SSSR count). The van der Waals surface area contributed by atoms with Gasteiger partial charge in [-0.15, -0.1) is 0 Å². The summed E-state index contributed by atoms with van der Waals surface area (Å²) in [5.41, 5.74) is 3.47. The summed E-state index contributed by atoms with van der Waals surface area (Å²) in [5, 5.41) is 9.49. The van der Waals surface area contributed by atoms with E-state index in [1.807, 2.05) is 61.7 Å². The molecule has 1 atom stereocenters. The molecule has 0 saturated heterocycles. The molecule has 1 aromatic heterocycles. The van der Waals surface area contributed by atoms with Crippen molar-refractivity contribution in [2.24, 2.45) is 0 Å². The van der Waals surface area contributed by atoms with Crippen LogP contribution < -0.4 is 4.74 Å². The van der Waals surface area contributed by atoms with Crippen molar-refractivity contribution < 1.29 is 19.1 Å². The number of rotatable bonds is 6. The van der Waals surface area contributed by atoms with Gasteiger partial charge in [0.15, 0.2) is 11.9 Å². The van der Waals surface area contributed by atoms with Gasteiger partial charge in [0, 0.05) is 23.5 Å². The van der Waals surface area contributed by atoms with Gasteiger partial charge in [-0.05, 0) is 82.0 Å². The molecule has 6 heteroatoms. The van der Waals surface area contributed by atoms with Gasteiger partial charge in [0.1, 0.15) is 17.4 Å². The van der Waals surface area contributed by atoms with E-state index in [-0.39, 0.29) is 11.4 Å². The Kier molecular flexibility index (Phi) is 6.73. The number of ketones is 1. The summed E-state index contributed by atoms with van der Waals surface area (Å²) in [4.78, 5) is 24.4. The first kappa shape index (κ1) is 21.4. The number of carbonyl (C=O) groups excluding carboxylic acids is 2. The molecule has 0 N–H and O–H groups in total. The maximum absolute atomic E-state index is 12.5. The summed E-state index contributed by atoms with van der Waals surface area (Å²) in [7, 11) is 0. The number of aromatic nitrogens is 1. The number of esters is 1. The first-order valence-corrected chi connectivity index (χ1v) is 10.2. The fraction of sp³-hybridized carbons (Fsp3) is 0.375. The van der Waals surface area contributed by atoms with Gasteiger partial charge in [-0.2, -0.15) is 5.26 Å². The normalized spacial score (nSPS) is 16.8. The van der Waals surface area contributed by atoms with Crippen molar-refractivity contribution in [2.75, 3.05) is 6.61 Å². The molecule has 0 amide bonds. The van der Waals surface area contributed by atoms with Crippen LogP contribution in [0.3, 0.4) is 0 Å². The minimum atomic E-state index is -0.747. The standard InChI is InChI=1S/C24H26N2O4/c1-4-29-21-11-9-20(10-12-21)26-16(2)13-18(17(26)3)14-19(15-25)24(28)30-23-8-6-5-7-22(23)27/h9-14,23H,4-8H2,1-3H3/b19-14+/t23-/m1/s1. The molecule has 0 bridgehead atoms. The Morgan fingerprint density at radius 2 is 2.00 bits per heavy atom. The summed E-state index contributed by atoms with van der Waals surface area (Å²) in [5.74, 6) is -0.0141. The second-order valence-electron chi connectivity index (χ2n) is 7.36. The maximum Gasteiger partial charge on any atom is 0.349 e. The zero-order chi connectivity index (χ0) is 21.7. The lowest BCUT2D eigenvalue weighted by atomic mass is 9.96. The Hall–Kier alpha value is -3.33. The SMILES string of the molecule is CCOc1ccc(-n2c(C)cc(/C=C(\C#N)C(=O)O[C@@H]3CCCCC3=O)c2C)cc1. The Labute approximate surface area is 176 Å². The summed E-state index contributed by atoms with van der Waals surface area (Å²) in [6, 6.07) is 11.6. The van der Waals surface area contributed by atoms with Gasteiger partial charge < -0.3 is 14.0 Å². The van der Waals surface area contributed by atoms with Crippen LogP contribution in [0.15, 0.2) is 35.9 Å². The molecule has 1 heterocycles. The molecular weight excluding hydrogens is 380 g/mol. The van der Waals surface area contributed by atoms with Gasteiger partial charge in [-0.1, -0.05) is 0 Å². The number of benzene rings is 1. The van der Waals surface area contributed by atoms with Crippen molar-refractivity contribution in [2.45, 2.75) is 52.6 Å². The Morgan fingerprint density at radius 1 is 1.27 bits per heavy atom. The van der Waals surface area contributed by atoms with Crippen LogP contribution in [0.2, 0.25) is 0 Å². The average molecular weight is 406 g/mol. The first-order chi connectivity index (χ1) is 14.4. The number of hydrogen-bond donors (Lipinski definition) is 0. The third-order valence-electron chi connectivity index (χ3n) is 5.26. The molecule has 0 aliphatic heterocycles. The fourth-order valence-corrected chi connectivity index (χ4v) is 3.75. The molecule has 1 aliphatic rings. The predicted molar refractivity (Wildman–Crippen MR) is 113 cm³/mol. The van der Waals surface area contributed by atoms with E-state index in [1.165, 1.54) is 6.08 Å². The number of aryl methyl sites for hydroxylation is 1. The minimum Gasteiger partial charge on any atom is -0.494 e. The topological polar surface area (TPSA) is 81.3 Å². The fourth-order valence-electron chi connectivity index (χ4n) is 3.75. The lowest BCUT2D eigenvalue weighted by Gasteiger charge is -2.20. The highest BCUT2D eigenvalue weighted by Crippen LogP contribution is 2.25. The van der Waals surface area contributed by atoms with Gasteiger partial charge in [0.2, 0.25) is 0 Å². The summed E-state index contributed by atoms with van der Waals surface area (Å²) in [6.07, 6.45) is 3.41. The quantitative estimate of drug-likeness (QED) is 0.402. The largest absolute Gasteiger partial charge is 0.494 e. The van der Waals surface area contributed by atoms with Crippen LogP contribution in [0.1, 0.15) is 49.6 Å². The van der Waals surface area contributed by atoms with Crippen molar-refractivity contribution >= 4 is 17.8 Å². The number of hydrogen-bond acceptors (Lipinski definition) is 5. The molecule has 0 spiro atoms. The van der Waals surface area contributed by atoms with E-state index in [9.17, 15) is 14.9 Å². The second kappa shape index (κ2) is 9.45. The molecule has 0 unspecified atom stereocenters. The smallest absolute Gasteiger partial charge is 0.349 e. The average Bonchev–Trinajstić information content (AvgIpc) is 3.01. The molecule has 156 valence electrons. The van der Waals surface area contributed by atoms with Crippen LogP contribution in [0.25, 0.3) is 11.8 Å². The van der Waals surface area contributed by atoms with Gasteiger partial charge >= 0.3 is 5.97 Å². The number of ether oxygens (including phenoxy) is 2. The van der Waals surface area contributed by atoms with Crippen LogP contribution in [0.5, 0.6) is 5.75 Å². The van der Waals surface area contributed by atoms with Gasteiger partial charge in [-0.3, -0.25) is 4.79 Å². The summed E-state index contributed by atoms with van der Waals surface area (Å²) in [6.45, 7) is 6.44. The Bertz CT molecular complexity index is 1010. The third kappa shape index (κ3) is 4.62. The van der Waals surface area contributed by atoms with E-state index in [2.05, 4.69) is 0 Å². The van der Waals surface area contributed by atoms with Crippen molar-refractivity contribution in [1.82, 2.24) is 4.57 Å². The Morgan fingerprint density at radius 3 is 2.63 bits per heavy atom. The van der Waals surface area contributed by atoms with Crippen LogP contribution in [0, 0.1) is 25.2 Å². The van der Waals surface area contributed by atoms with Crippen LogP contribution in [-0.4, -0.2) is 29.0 Å². The predicted octanol–water partition coefficient (Wildman–Crippen LogP) is 4.45. The van der Waals surface area contributed by atoms with E-state index in [1.54, 1.807) is 0 Å². The first-order valence-electron chi connectivity index (χ1n) is 10.2. The molecule has 2 aromatic rings. The van der Waals surface area contributed by atoms with E-state index in [4.69, 9.17) is 9.47 Å². The molecule has 6 nitrogen and oxygen atoms in total. The highest BCUT2D eigenvalue weighted by atomic mass is 16.5. The van der Waals surface area contributed by atoms with Crippen molar-refractivity contribution in [3.05, 3.63) is 52.9 Å². The van der Waals surface area contributed by atoms with Crippen molar-refractivity contribution in [1.29, 1.82) is 5.26 Å². The molecule has 1 aromatic carbocycles. The molecule has 1 aliphatic carbocycles. The number of nitriles is 1. The van der Waals surface area contributed by atoms with E-state index in [0.717, 1.165) is 41.2 Å². The summed E-state index contributed by atoms with van der Waals surface area (Å²) < 4.78 is 12.9. The van der Waals surface area contributed by atoms with Gasteiger partial charge in [-0.25, -0.2) is 4.79 Å². The van der Waals surface area contributed by atoms with Crippen LogP contribution >= 0.6 is 0 Å². The van der Waals surface area contributed by atoms with Gasteiger partial charge in [0.25, 0.3) is 0 Å². The third-order valence-corrected chi connectivity index (χ3v) is 5.26. The van der Waals surface area contributed by atoms with Crippen molar-refractivity contribution in [3.63, 3.8) is 0 Å². The number of carbonyl (C=O) groups is 2. The highest BCUT2D eigenvalue weighted by Gasteiger charge is 2.27. The number of nitrogens with zero attached hydrogens (tertiary/aromatic N) is 2. The number of Topliss-reactive ketones (excluding diaryl/α,β-unsaturated/α-hetero) is 1. The molecule has 1 fully saturated rings. The Balaban J connectivity index is 1.85. The van der Waals surface area contributed by atoms with Crippen LogP contribution in [0.4, 0.5) is 0 Å². The van der Waals surface area contributed by atoms with E-state index in [0.29, 0.717) is 19.4 Å². The zero-order valence-electron chi connectivity index (χ0n) is 17.6. The minimum absolute atomic E-state index is 0.0689. The summed E-state index contributed by atoms with van der Waals surface area (Å²) >= 11 is 0. The molecular formula is C24H26N2O4. The molecule has 0 radical (unpaired) electrons. The lowest BCUT2D eigenvalue weighted by Crippen LogP contribution is -2.30. The van der Waals surface area contributed by atoms with Crippen molar-refractivity contribution in [3.8, 4) is 17.5 Å². The lowest BCUT2D eigenvalue weighted by molar-refractivity contribution is -0.152. The monoisotopic (exact) mass is 406 g/mol. The second-order valence-corrected chi connectivity index (χ2v) is 7.36. The zero-order valence-corrected chi connectivity index (χ0v) is 17.6. The molecule has 30 heavy (non-hydrogen) atoms. The van der Waals surface area contributed by atoms with Gasteiger partial charge in [0.05, 0.1) is 6.61 Å². The highest BCUT2D eigenvalue weighted by molar-refractivity contribution is 5.99.